The molecule has 2 fully saturated rings. The van der Waals surface area contributed by atoms with Crippen LogP contribution in [0.4, 0.5) is 0 Å². The van der Waals surface area contributed by atoms with Gasteiger partial charge in [0.15, 0.2) is 17.5 Å². The first-order valence-corrected chi connectivity index (χ1v) is 11.0. The summed E-state index contributed by atoms with van der Waals surface area (Å²) in [5.41, 5.74) is 1.28. The van der Waals surface area contributed by atoms with Gasteiger partial charge in [-0.2, -0.15) is 0 Å². The van der Waals surface area contributed by atoms with E-state index in [4.69, 9.17) is 14.5 Å². The lowest BCUT2D eigenvalue weighted by molar-refractivity contribution is 0.170. The first-order chi connectivity index (χ1) is 14.2. The highest BCUT2D eigenvalue weighted by Gasteiger charge is 2.22. The smallest absolute Gasteiger partial charge is 0.231 e. The minimum Gasteiger partial charge on any atom is -0.454 e. The highest BCUT2D eigenvalue weighted by atomic mass is 16.7. The van der Waals surface area contributed by atoms with Crippen molar-refractivity contribution in [3.8, 4) is 11.5 Å². The van der Waals surface area contributed by atoms with Crippen molar-refractivity contribution in [1.29, 1.82) is 0 Å². The molecule has 4 rings (SSSR count). The Morgan fingerprint density at radius 2 is 1.97 bits per heavy atom. The van der Waals surface area contributed by atoms with Gasteiger partial charge in [-0.3, -0.25) is 9.89 Å². The molecule has 1 aromatic rings. The van der Waals surface area contributed by atoms with E-state index in [1.807, 2.05) is 6.07 Å². The number of hydrogen-bond donors (Lipinski definition) is 1. The molecule has 0 aromatic heterocycles. The van der Waals surface area contributed by atoms with Crippen molar-refractivity contribution in [3.05, 3.63) is 23.8 Å². The Hall–Kier alpha value is -1.99. The zero-order chi connectivity index (χ0) is 20.1. The Morgan fingerprint density at radius 3 is 2.76 bits per heavy atom. The molecular weight excluding hydrogens is 366 g/mol. The van der Waals surface area contributed by atoms with Crippen molar-refractivity contribution in [2.45, 2.75) is 26.3 Å². The molecule has 7 nitrogen and oxygen atoms in total. The summed E-state index contributed by atoms with van der Waals surface area (Å²) in [4.78, 5) is 12.4. The van der Waals surface area contributed by atoms with E-state index in [-0.39, 0.29) is 0 Å². The van der Waals surface area contributed by atoms with Gasteiger partial charge in [-0.1, -0.05) is 6.07 Å². The lowest BCUT2D eigenvalue weighted by atomic mass is 9.99. The monoisotopic (exact) mass is 401 g/mol. The molecule has 3 aliphatic heterocycles. The van der Waals surface area contributed by atoms with Crippen LogP contribution in [0.5, 0.6) is 11.5 Å². The minimum atomic E-state index is 0.334. The third-order valence-electron chi connectivity index (χ3n) is 6.07. The van der Waals surface area contributed by atoms with Gasteiger partial charge < -0.3 is 24.6 Å². The van der Waals surface area contributed by atoms with Gasteiger partial charge in [-0.25, -0.2) is 0 Å². The Balaban J connectivity index is 1.29. The molecule has 0 spiro atoms. The van der Waals surface area contributed by atoms with Crippen LogP contribution in [-0.4, -0.2) is 86.9 Å². The van der Waals surface area contributed by atoms with Gasteiger partial charge >= 0.3 is 0 Å². The van der Waals surface area contributed by atoms with Gasteiger partial charge in [0.2, 0.25) is 6.79 Å². The number of piperidine rings is 1. The van der Waals surface area contributed by atoms with E-state index in [0.29, 0.717) is 12.7 Å². The predicted molar refractivity (Wildman–Crippen MR) is 116 cm³/mol. The number of rotatable bonds is 5. The number of nitrogens with one attached hydrogen (secondary N) is 1. The number of nitrogens with zero attached hydrogens (tertiary/aromatic N) is 4. The molecule has 0 radical (unpaired) electrons. The number of aliphatic imine (C=N–C) groups is 1. The van der Waals surface area contributed by atoms with Crippen LogP contribution >= 0.6 is 0 Å². The quantitative estimate of drug-likeness (QED) is 0.600. The molecule has 0 bridgehead atoms. The Kier molecular flexibility index (Phi) is 6.77. The number of guanidine groups is 1. The maximum atomic E-state index is 5.51. The molecule has 7 heteroatoms. The lowest BCUT2D eigenvalue weighted by Gasteiger charge is -2.37. The highest BCUT2D eigenvalue weighted by molar-refractivity contribution is 5.80. The van der Waals surface area contributed by atoms with Crippen molar-refractivity contribution in [1.82, 2.24) is 20.0 Å². The molecule has 3 aliphatic rings. The van der Waals surface area contributed by atoms with E-state index in [2.05, 4.69) is 46.1 Å². The molecule has 0 aliphatic carbocycles. The van der Waals surface area contributed by atoms with Crippen LogP contribution in [0.15, 0.2) is 23.2 Å². The van der Waals surface area contributed by atoms with E-state index < -0.39 is 0 Å². The van der Waals surface area contributed by atoms with Crippen molar-refractivity contribution >= 4 is 5.96 Å². The molecule has 1 unspecified atom stereocenters. The summed E-state index contributed by atoms with van der Waals surface area (Å²) >= 11 is 0. The molecule has 3 heterocycles. The second-order valence-corrected chi connectivity index (χ2v) is 8.42. The van der Waals surface area contributed by atoms with Crippen molar-refractivity contribution in [3.63, 3.8) is 0 Å². The predicted octanol–water partition coefficient (Wildman–Crippen LogP) is 1.84. The fourth-order valence-corrected chi connectivity index (χ4v) is 4.48. The van der Waals surface area contributed by atoms with Gasteiger partial charge in [0.25, 0.3) is 0 Å². The fourth-order valence-electron chi connectivity index (χ4n) is 4.48. The summed E-state index contributed by atoms with van der Waals surface area (Å²) in [6.45, 7) is 11.8. The fraction of sp³-hybridized carbons (Fsp3) is 0.682. The van der Waals surface area contributed by atoms with E-state index in [9.17, 15) is 0 Å². The van der Waals surface area contributed by atoms with Crippen LogP contribution in [0.2, 0.25) is 0 Å². The molecule has 1 N–H and O–H groups in total. The largest absolute Gasteiger partial charge is 0.454 e. The number of likely N-dealkylation sites (tertiary alicyclic amines) is 1. The first-order valence-electron chi connectivity index (χ1n) is 11.0. The number of benzene rings is 1. The molecular formula is C22H35N5O2. The zero-order valence-corrected chi connectivity index (χ0v) is 17.9. The third-order valence-corrected chi connectivity index (χ3v) is 6.07. The second-order valence-electron chi connectivity index (χ2n) is 8.42. The molecule has 1 aromatic carbocycles. The highest BCUT2D eigenvalue weighted by Crippen LogP contribution is 2.32. The number of piperazine rings is 1. The van der Waals surface area contributed by atoms with Crippen LogP contribution in [0.3, 0.4) is 0 Å². The lowest BCUT2D eigenvalue weighted by Crippen LogP contribution is -2.52. The maximum absolute atomic E-state index is 5.51. The number of hydrogen-bond acceptors (Lipinski definition) is 5. The minimum absolute atomic E-state index is 0.334. The third kappa shape index (κ3) is 5.34. The first kappa shape index (κ1) is 20.3. The average Bonchev–Trinajstić information content (AvgIpc) is 3.20. The Labute approximate surface area is 174 Å². The van der Waals surface area contributed by atoms with Crippen molar-refractivity contribution in [2.24, 2.45) is 10.9 Å². The number of fused-ring (bicyclic) bond motifs is 1. The van der Waals surface area contributed by atoms with Crippen molar-refractivity contribution < 1.29 is 9.47 Å². The Morgan fingerprint density at radius 1 is 1.14 bits per heavy atom. The molecule has 160 valence electrons. The molecule has 0 saturated carbocycles. The van der Waals surface area contributed by atoms with Gasteiger partial charge in [-0.15, -0.1) is 0 Å². The summed E-state index contributed by atoms with van der Waals surface area (Å²) in [7, 11) is 2.22. The SMILES string of the molecule is CCNC(=NCC1CCCN(C)C1)N1CCN(Cc2ccc3c(c2)OCO3)CC1. The number of ether oxygens (including phenoxy) is 2. The van der Waals surface area contributed by atoms with Crippen LogP contribution in [0.1, 0.15) is 25.3 Å². The zero-order valence-electron chi connectivity index (χ0n) is 17.9. The van der Waals surface area contributed by atoms with Crippen LogP contribution in [0.25, 0.3) is 0 Å². The van der Waals surface area contributed by atoms with E-state index in [1.54, 1.807) is 0 Å². The van der Waals surface area contributed by atoms with E-state index in [1.165, 1.54) is 31.5 Å². The van der Waals surface area contributed by atoms with Crippen LogP contribution in [0, 0.1) is 5.92 Å². The Bertz CT molecular complexity index is 702. The van der Waals surface area contributed by atoms with E-state index in [0.717, 1.165) is 63.3 Å². The topological polar surface area (TPSA) is 52.6 Å². The molecule has 1 atom stereocenters. The van der Waals surface area contributed by atoms with Crippen molar-refractivity contribution in [2.75, 3.05) is 66.2 Å². The van der Waals surface area contributed by atoms with Crippen LogP contribution < -0.4 is 14.8 Å². The molecule has 29 heavy (non-hydrogen) atoms. The van der Waals surface area contributed by atoms with E-state index >= 15 is 0 Å². The molecule has 2 saturated heterocycles. The summed E-state index contributed by atoms with van der Waals surface area (Å²) in [5.74, 6) is 3.50. The summed E-state index contributed by atoms with van der Waals surface area (Å²) in [5, 5.41) is 3.51. The maximum Gasteiger partial charge on any atom is 0.231 e. The standard InChI is InChI=1S/C22H35N5O2/c1-3-23-22(24-14-19-5-4-8-25(2)15-19)27-11-9-26(10-12-27)16-18-6-7-20-21(13-18)29-17-28-20/h6-7,13,19H,3-5,8-12,14-17H2,1-2H3,(H,23,24). The second kappa shape index (κ2) is 9.67. The normalized spacial score (nSPS) is 23.4. The van der Waals surface area contributed by atoms with Crippen LogP contribution in [-0.2, 0) is 6.54 Å². The molecule has 0 amide bonds. The average molecular weight is 402 g/mol. The van der Waals surface area contributed by atoms with Gasteiger partial charge in [-0.05, 0) is 57.0 Å². The summed E-state index contributed by atoms with van der Waals surface area (Å²) in [6.07, 6.45) is 2.60. The van der Waals surface area contributed by atoms with Gasteiger partial charge in [0.1, 0.15) is 0 Å². The van der Waals surface area contributed by atoms with Gasteiger partial charge in [0, 0.05) is 52.4 Å². The van der Waals surface area contributed by atoms with Gasteiger partial charge in [0.05, 0.1) is 0 Å². The summed E-state index contributed by atoms with van der Waals surface area (Å²) in [6, 6.07) is 6.28. The summed E-state index contributed by atoms with van der Waals surface area (Å²) < 4.78 is 10.9.